The zero-order valence-electron chi connectivity index (χ0n) is 28.8. The average Bonchev–Trinajstić information content (AvgIpc) is 3.09. The van der Waals surface area contributed by atoms with E-state index in [1.165, 1.54) is 0 Å². The molecule has 4 aromatic rings. The highest BCUT2D eigenvalue weighted by molar-refractivity contribution is 5.90. The molecule has 0 aliphatic heterocycles. The van der Waals surface area contributed by atoms with Crippen molar-refractivity contribution in [1.82, 2.24) is 9.80 Å². The van der Waals surface area contributed by atoms with E-state index in [9.17, 15) is 9.59 Å². The lowest BCUT2D eigenvalue weighted by molar-refractivity contribution is 0.151. The van der Waals surface area contributed by atoms with Gasteiger partial charge < -0.3 is 30.2 Å². The molecule has 0 saturated heterocycles. The van der Waals surface area contributed by atoms with Crippen molar-refractivity contribution < 1.29 is 9.59 Å². The Morgan fingerprint density at radius 1 is 0.562 bits per heavy atom. The first kappa shape index (κ1) is 34.4. The lowest BCUT2D eigenvalue weighted by Gasteiger charge is -2.36. The molecule has 252 valence electrons. The van der Waals surface area contributed by atoms with Crippen LogP contribution in [0.15, 0.2) is 109 Å². The fourth-order valence-electron chi connectivity index (χ4n) is 6.49. The van der Waals surface area contributed by atoms with Crippen molar-refractivity contribution in [2.75, 3.05) is 61.7 Å². The van der Waals surface area contributed by atoms with Gasteiger partial charge in [0, 0.05) is 77.1 Å². The molecule has 0 radical (unpaired) electrons. The predicted octanol–water partition coefficient (Wildman–Crippen LogP) is 8.39. The van der Waals surface area contributed by atoms with Crippen molar-refractivity contribution in [2.45, 2.75) is 38.8 Å². The van der Waals surface area contributed by atoms with Gasteiger partial charge in [-0.3, -0.25) is 0 Å². The highest BCUT2D eigenvalue weighted by Crippen LogP contribution is 2.32. The molecule has 1 fully saturated rings. The molecule has 5 rings (SSSR count). The van der Waals surface area contributed by atoms with Crippen LogP contribution in [0.5, 0.6) is 0 Å². The summed E-state index contributed by atoms with van der Waals surface area (Å²) in [5.41, 5.74) is 5.94. The quantitative estimate of drug-likeness (QED) is 0.162. The second-order valence-electron chi connectivity index (χ2n) is 13.4. The number of amides is 4. The van der Waals surface area contributed by atoms with E-state index in [1.807, 2.05) is 133 Å². The number of carbonyl (C=O) groups excluding carboxylic acids is 2. The molecular weight excluding hydrogens is 596 g/mol. The Morgan fingerprint density at radius 2 is 0.938 bits per heavy atom. The molecular formula is C40H50N6O2. The molecule has 0 unspecified atom stereocenters. The number of hydrogen-bond donors (Lipinski definition) is 2. The summed E-state index contributed by atoms with van der Waals surface area (Å²) in [6.45, 7) is 2.41. The smallest absolute Gasteiger partial charge is 0.322 e. The third-order valence-corrected chi connectivity index (χ3v) is 9.13. The summed E-state index contributed by atoms with van der Waals surface area (Å²) in [5.74, 6) is 0.684. The van der Waals surface area contributed by atoms with Crippen LogP contribution in [-0.2, 0) is 13.1 Å². The van der Waals surface area contributed by atoms with Gasteiger partial charge in [0.15, 0.2) is 0 Å². The van der Waals surface area contributed by atoms with Crippen molar-refractivity contribution in [3.8, 4) is 0 Å². The molecule has 0 heterocycles. The number of carbonyl (C=O) groups is 2. The van der Waals surface area contributed by atoms with E-state index in [0.717, 1.165) is 59.6 Å². The second-order valence-corrected chi connectivity index (χ2v) is 13.4. The Hall–Kier alpha value is -4.98. The van der Waals surface area contributed by atoms with Crippen LogP contribution < -0.4 is 20.4 Å². The molecule has 8 heteroatoms. The lowest BCUT2D eigenvalue weighted by Crippen LogP contribution is -2.42. The zero-order chi connectivity index (χ0) is 33.9. The monoisotopic (exact) mass is 646 g/mol. The number of hydrogen-bond acceptors (Lipinski definition) is 4. The molecule has 4 aromatic carbocycles. The fraction of sp³-hybridized carbons (Fsp3) is 0.350. The third kappa shape index (κ3) is 10.0. The van der Waals surface area contributed by atoms with Crippen LogP contribution in [0, 0.1) is 11.8 Å². The molecule has 0 bridgehead atoms. The SMILES string of the molecule is CN(C)c1ccc(NC(=O)N(Cc2ccccc2)C[C@@H]2CCC[C@H](CN(Cc3ccccc3)C(=O)Nc3ccc(N(C)C)cc3)C2)cc1. The Labute approximate surface area is 286 Å². The van der Waals surface area contributed by atoms with E-state index in [0.29, 0.717) is 38.0 Å². The minimum atomic E-state index is -0.0936. The molecule has 48 heavy (non-hydrogen) atoms. The standard InChI is InChI=1S/C40H50N6O2/c1-43(2)37-22-18-35(19-23-37)41-39(47)45(27-31-12-7-5-8-13-31)29-33-16-11-17-34(26-33)30-46(28-32-14-9-6-10-15-32)40(48)42-36-20-24-38(25-21-36)44(3)4/h5-10,12-15,18-25,33-34H,11,16-17,26-30H2,1-4H3,(H,41,47)(H,42,48)/t33-,34+. The lowest BCUT2D eigenvalue weighted by atomic mass is 9.80. The molecule has 0 aromatic heterocycles. The Morgan fingerprint density at radius 3 is 1.29 bits per heavy atom. The van der Waals surface area contributed by atoms with Crippen molar-refractivity contribution in [1.29, 1.82) is 0 Å². The Bertz CT molecular complexity index is 1460. The minimum absolute atomic E-state index is 0.0936. The van der Waals surface area contributed by atoms with Crippen LogP contribution >= 0.6 is 0 Å². The van der Waals surface area contributed by atoms with Crippen molar-refractivity contribution in [2.24, 2.45) is 11.8 Å². The minimum Gasteiger partial charge on any atom is -0.378 e. The number of benzene rings is 4. The molecule has 1 saturated carbocycles. The second kappa shape index (κ2) is 16.7. The number of rotatable bonds is 12. The number of nitrogens with one attached hydrogen (secondary N) is 2. The van der Waals surface area contributed by atoms with Gasteiger partial charge in [-0.25, -0.2) is 9.59 Å². The van der Waals surface area contributed by atoms with Gasteiger partial charge in [0.05, 0.1) is 0 Å². The molecule has 1 aliphatic carbocycles. The number of anilines is 4. The maximum Gasteiger partial charge on any atom is 0.322 e. The molecule has 0 spiro atoms. The van der Waals surface area contributed by atoms with Crippen LogP contribution in [0.4, 0.5) is 32.3 Å². The maximum absolute atomic E-state index is 13.7. The predicted molar refractivity (Wildman–Crippen MR) is 199 cm³/mol. The highest BCUT2D eigenvalue weighted by Gasteiger charge is 2.29. The third-order valence-electron chi connectivity index (χ3n) is 9.13. The van der Waals surface area contributed by atoms with Crippen molar-refractivity contribution in [3.63, 3.8) is 0 Å². The van der Waals surface area contributed by atoms with E-state index in [4.69, 9.17) is 0 Å². The first-order valence-electron chi connectivity index (χ1n) is 17.0. The molecule has 2 atom stereocenters. The topological polar surface area (TPSA) is 71.2 Å². The van der Waals surface area contributed by atoms with Crippen molar-refractivity contribution >= 4 is 34.8 Å². The summed E-state index contributed by atoms with van der Waals surface area (Å²) >= 11 is 0. The normalized spacial score (nSPS) is 15.7. The first-order chi connectivity index (χ1) is 23.2. The number of urea groups is 2. The zero-order valence-corrected chi connectivity index (χ0v) is 28.8. The van der Waals surface area contributed by atoms with Gasteiger partial charge in [-0.1, -0.05) is 67.1 Å². The molecule has 2 N–H and O–H groups in total. The summed E-state index contributed by atoms with van der Waals surface area (Å²) in [6, 6.07) is 36.0. The van der Waals surface area contributed by atoms with Gasteiger partial charge in [0.2, 0.25) is 0 Å². The largest absolute Gasteiger partial charge is 0.378 e. The van der Waals surface area contributed by atoms with Gasteiger partial charge in [0.25, 0.3) is 0 Å². The van der Waals surface area contributed by atoms with E-state index in [1.54, 1.807) is 0 Å². The van der Waals surface area contributed by atoms with Crippen LogP contribution in [0.25, 0.3) is 0 Å². The van der Waals surface area contributed by atoms with Crippen molar-refractivity contribution in [3.05, 3.63) is 120 Å². The average molecular weight is 647 g/mol. The summed E-state index contributed by atoms with van der Waals surface area (Å²) in [5, 5.41) is 6.28. The summed E-state index contributed by atoms with van der Waals surface area (Å²) in [6.07, 6.45) is 4.17. The van der Waals surface area contributed by atoms with Gasteiger partial charge in [-0.15, -0.1) is 0 Å². The maximum atomic E-state index is 13.7. The summed E-state index contributed by atoms with van der Waals surface area (Å²) < 4.78 is 0. The molecule has 8 nitrogen and oxygen atoms in total. The van der Waals surface area contributed by atoms with E-state index >= 15 is 0 Å². The number of nitrogens with zero attached hydrogens (tertiary/aromatic N) is 4. The van der Waals surface area contributed by atoms with Crippen LogP contribution in [0.2, 0.25) is 0 Å². The Balaban J connectivity index is 1.27. The van der Waals surface area contributed by atoms with Crippen LogP contribution in [-0.4, -0.2) is 63.1 Å². The van der Waals surface area contributed by atoms with E-state index < -0.39 is 0 Å². The summed E-state index contributed by atoms with van der Waals surface area (Å²) in [4.78, 5) is 35.5. The molecule has 4 amide bonds. The van der Waals surface area contributed by atoms with Crippen LogP contribution in [0.3, 0.4) is 0 Å². The summed E-state index contributed by atoms with van der Waals surface area (Å²) in [7, 11) is 8.02. The van der Waals surface area contributed by atoms with Crippen LogP contribution in [0.1, 0.15) is 36.8 Å². The highest BCUT2D eigenvalue weighted by atomic mass is 16.2. The Kier molecular flexibility index (Phi) is 12.0. The van der Waals surface area contributed by atoms with E-state index in [-0.39, 0.29) is 12.1 Å². The van der Waals surface area contributed by atoms with Gasteiger partial charge in [-0.05, 0) is 90.8 Å². The first-order valence-corrected chi connectivity index (χ1v) is 17.0. The van der Waals surface area contributed by atoms with E-state index in [2.05, 4.69) is 34.9 Å². The van der Waals surface area contributed by atoms with Gasteiger partial charge in [-0.2, -0.15) is 0 Å². The molecule has 1 aliphatic rings. The van der Waals surface area contributed by atoms with Gasteiger partial charge >= 0.3 is 12.1 Å². The fourth-order valence-corrected chi connectivity index (χ4v) is 6.49. The van der Waals surface area contributed by atoms with Gasteiger partial charge in [0.1, 0.15) is 0 Å².